The van der Waals surface area contributed by atoms with Crippen molar-refractivity contribution in [3.05, 3.63) is 48.3 Å². The second kappa shape index (κ2) is 9.32. The van der Waals surface area contributed by atoms with Gasteiger partial charge in [-0.15, -0.1) is 0 Å². The van der Waals surface area contributed by atoms with E-state index in [0.717, 1.165) is 32.5 Å². The first-order valence-electron chi connectivity index (χ1n) is 9.28. The van der Waals surface area contributed by atoms with Gasteiger partial charge in [0.05, 0.1) is 12.4 Å². The van der Waals surface area contributed by atoms with Gasteiger partial charge in [-0.1, -0.05) is 30.3 Å². The number of anilines is 1. The molecule has 0 saturated carbocycles. The summed E-state index contributed by atoms with van der Waals surface area (Å²) < 4.78 is 5.48. The maximum Gasteiger partial charge on any atom is 0.258 e. The van der Waals surface area contributed by atoms with Crippen LogP contribution in [0.1, 0.15) is 18.4 Å². The molecule has 1 aliphatic rings. The van der Waals surface area contributed by atoms with E-state index in [0.29, 0.717) is 11.7 Å². The van der Waals surface area contributed by atoms with Crippen molar-refractivity contribution in [2.75, 3.05) is 38.7 Å². The Morgan fingerprint density at radius 1 is 1.22 bits per heavy atom. The fourth-order valence-corrected chi connectivity index (χ4v) is 3.11. The predicted molar refractivity (Wildman–Crippen MR) is 105 cm³/mol. The first kappa shape index (κ1) is 19.1. The Hall–Kier alpha value is -2.67. The number of amides is 1. The largest absolute Gasteiger partial charge is 0.466 e. The van der Waals surface area contributed by atoms with Gasteiger partial charge < -0.3 is 15.0 Å². The summed E-state index contributed by atoms with van der Waals surface area (Å²) in [6, 6.07) is 10.7. The molecule has 0 unspecified atom stereocenters. The van der Waals surface area contributed by atoms with E-state index < -0.39 is 0 Å². The van der Waals surface area contributed by atoms with Gasteiger partial charge in [0.1, 0.15) is 0 Å². The second-order valence-electron chi connectivity index (χ2n) is 7.00. The summed E-state index contributed by atoms with van der Waals surface area (Å²) in [5.74, 6) is 0.932. The minimum atomic E-state index is -0.117. The van der Waals surface area contributed by atoms with Crippen LogP contribution in [-0.2, 0) is 11.3 Å². The molecule has 3 rings (SSSR count). The van der Waals surface area contributed by atoms with E-state index in [2.05, 4.69) is 44.5 Å². The van der Waals surface area contributed by atoms with Crippen LogP contribution in [0.25, 0.3) is 0 Å². The highest BCUT2D eigenvalue weighted by molar-refractivity contribution is 5.77. The smallest absolute Gasteiger partial charge is 0.258 e. The van der Waals surface area contributed by atoms with Gasteiger partial charge in [0, 0.05) is 39.8 Å². The number of rotatable bonds is 7. The van der Waals surface area contributed by atoms with Crippen LogP contribution in [-0.4, -0.2) is 60.6 Å². The van der Waals surface area contributed by atoms with Crippen molar-refractivity contribution < 1.29 is 9.53 Å². The number of nitrogens with one attached hydrogen (secondary N) is 1. The summed E-state index contributed by atoms with van der Waals surface area (Å²) in [6.07, 6.45) is 5.07. The lowest BCUT2D eigenvalue weighted by molar-refractivity contribution is -0.124. The molecule has 1 saturated heterocycles. The van der Waals surface area contributed by atoms with Crippen molar-refractivity contribution in [1.82, 2.24) is 20.2 Å². The third kappa shape index (κ3) is 5.92. The number of nitrogens with zero attached hydrogens (tertiary/aromatic N) is 4. The van der Waals surface area contributed by atoms with Gasteiger partial charge in [-0.25, -0.2) is 0 Å². The quantitative estimate of drug-likeness (QED) is 0.801. The van der Waals surface area contributed by atoms with Gasteiger partial charge in [-0.2, -0.15) is 4.98 Å². The number of carbonyl (C=O) groups is 1. The molecule has 1 aliphatic heterocycles. The van der Waals surface area contributed by atoms with Gasteiger partial charge in [0.15, 0.2) is 12.4 Å². The monoisotopic (exact) mass is 369 g/mol. The van der Waals surface area contributed by atoms with Crippen molar-refractivity contribution in [2.24, 2.45) is 0 Å². The molecule has 0 aliphatic carbocycles. The van der Waals surface area contributed by atoms with Gasteiger partial charge in [-0.05, 0) is 18.4 Å². The Kier molecular flexibility index (Phi) is 6.59. The molecule has 1 N–H and O–H groups in total. The van der Waals surface area contributed by atoms with Gasteiger partial charge in [-0.3, -0.25) is 14.7 Å². The molecule has 1 fully saturated rings. The Morgan fingerprint density at radius 2 is 1.96 bits per heavy atom. The number of carbonyl (C=O) groups excluding carboxylic acids is 1. The van der Waals surface area contributed by atoms with Crippen molar-refractivity contribution in [2.45, 2.75) is 25.4 Å². The van der Waals surface area contributed by atoms with Crippen LogP contribution in [0.3, 0.4) is 0 Å². The molecular weight excluding hydrogens is 342 g/mol. The van der Waals surface area contributed by atoms with Gasteiger partial charge in [0.25, 0.3) is 5.91 Å². The fraction of sp³-hybridized carbons (Fsp3) is 0.450. The number of likely N-dealkylation sites (tertiary alicyclic amines) is 1. The molecule has 27 heavy (non-hydrogen) atoms. The third-order valence-electron chi connectivity index (χ3n) is 4.61. The first-order valence-corrected chi connectivity index (χ1v) is 9.28. The van der Waals surface area contributed by atoms with Crippen LogP contribution in [0.2, 0.25) is 0 Å². The number of benzene rings is 1. The zero-order valence-electron chi connectivity index (χ0n) is 16.0. The summed E-state index contributed by atoms with van der Waals surface area (Å²) >= 11 is 0. The fourth-order valence-electron chi connectivity index (χ4n) is 3.11. The summed E-state index contributed by atoms with van der Waals surface area (Å²) in [5.41, 5.74) is 1.33. The van der Waals surface area contributed by atoms with Crippen molar-refractivity contribution in [3.63, 3.8) is 0 Å². The summed E-state index contributed by atoms with van der Waals surface area (Å²) in [5, 5.41) is 3.06. The third-order valence-corrected chi connectivity index (χ3v) is 4.61. The van der Waals surface area contributed by atoms with Crippen LogP contribution in [0.4, 0.5) is 5.82 Å². The molecule has 1 amide bonds. The molecule has 0 spiro atoms. The molecule has 1 aromatic carbocycles. The highest BCUT2D eigenvalue weighted by Gasteiger charge is 2.21. The highest BCUT2D eigenvalue weighted by Crippen LogP contribution is 2.14. The standard InChI is InChI=1S/C20H27N5O2/c1-24(2)18-12-21-13-20(23-18)27-15-19(26)22-17-8-10-25(11-9-17)14-16-6-4-3-5-7-16/h3-7,12-13,17H,8-11,14-15H2,1-2H3,(H,22,26). The molecule has 1 aromatic heterocycles. The van der Waals surface area contributed by atoms with E-state index in [-0.39, 0.29) is 18.6 Å². The van der Waals surface area contributed by atoms with E-state index in [1.807, 2.05) is 25.1 Å². The van der Waals surface area contributed by atoms with E-state index in [9.17, 15) is 4.79 Å². The minimum absolute atomic E-state index is 0.0458. The molecule has 0 bridgehead atoms. The Balaban J connectivity index is 1.39. The molecule has 2 heterocycles. The average Bonchev–Trinajstić information content (AvgIpc) is 2.69. The van der Waals surface area contributed by atoms with Gasteiger partial charge in [0.2, 0.25) is 5.88 Å². The molecule has 2 aromatic rings. The van der Waals surface area contributed by atoms with E-state index >= 15 is 0 Å². The minimum Gasteiger partial charge on any atom is -0.466 e. The van der Waals surface area contributed by atoms with Crippen molar-refractivity contribution >= 4 is 11.7 Å². The lowest BCUT2D eigenvalue weighted by Crippen LogP contribution is -2.45. The zero-order chi connectivity index (χ0) is 19.1. The number of hydrogen-bond acceptors (Lipinski definition) is 6. The lowest BCUT2D eigenvalue weighted by atomic mass is 10.0. The van der Waals surface area contributed by atoms with Crippen LogP contribution >= 0.6 is 0 Å². The molecule has 0 radical (unpaired) electrons. The zero-order valence-corrected chi connectivity index (χ0v) is 16.0. The van der Waals surface area contributed by atoms with Crippen LogP contribution < -0.4 is 15.0 Å². The lowest BCUT2D eigenvalue weighted by Gasteiger charge is -2.32. The van der Waals surface area contributed by atoms with Crippen LogP contribution in [0.15, 0.2) is 42.7 Å². The Bertz CT molecular complexity index is 730. The highest BCUT2D eigenvalue weighted by atomic mass is 16.5. The van der Waals surface area contributed by atoms with Crippen LogP contribution in [0, 0.1) is 0 Å². The summed E-state index contributed by atoms with van der Waals surface area (Å²) in [7, 11) is 3.76. The van der Waals surface area contributed by atoms with Crippen molar-refractivity contribution in [3.8, 4) is 5.88 Å². The number of ether oxygens (including phenoxy) is 1. The topological polar surface area (TPSA) is 70.6 Å². The normalized spacial score (nSPS) is 15.3. The molecular formula is C20H27N5O2. The van der Waals surface area contributed by atoms with Crippen LogP contribution in [0.5, 0.6) is 5.88 Å². The van der Waals surface area contributed by atoms with E-state index in [1.165, 1.54) is 11.8 Å². The first-order chi connectivity index (χ1) is 13.1. The SMILES string of the molecule is CN(C)c1cncc(OCC(=O)NC2CCN(Cc3ccccc3)CC2)n1. The summed E-state index contributed by atoms with van der Waals surface area (Å²) in [6.45, 7) is 2.88. The number of aromatic nitrogens is 2. The van der Waals surface area contributed by atoms with E-state index in [4.69, 9.17) is 4.74 Å². The number of piperidine rings is 1. The Labute approximate surface area is 160 Å². The van der Waals surface area contributed by atoms with Crippen molar-refractivity contribution in [1.29, 1.82) is 0 Å². The average molecular weight is 369 g/mol. The maximum atomic E-state index is 12.2. The van der Waals surface area contributed by atoms with E-state index in [1.54, 1.807) is 6.20 Å². The molecule has 0 atom stereocenters. The Morgan fingerprint density at radius 3 is 2.67 bits per heavy atom. The van der Waals surface area contributed by atoms with Gasteiger partial charge >= 0.3 is 0 Å². The predicted octanol–water partition coefficient (Wildman–Crippen LogP) is 1.70. The molecule has 7 heteroatoms. The second-order valence-corrected chi connectivity index (χ2v) is 7.00. The molecule has 144 valence electrons. The molecule has 7 nitrogen and oxygen atoms in total. The summed E-state index contributed by atoms with van der Waals surface area (Å²) in [4.78, 5) is 24.8. The number of hydrogen-bond donors (Lipinski definition) is 1. The maximum absolute atomic E-state index is 12.2.